The molecule has 0 radical (unpaired) electrons. The van der Waals surface area contributed by atoms with E-state index in [9.17, 15) is 8.78 Å². The van der Waals surface area contributed by atoms with E-state index < -0.39 is 11.6 Å². The minimum absolute atomic E-state index is 0.147. The zero-order valence-corrected chi connectivity index (χ0v) is 9.85. The Hall–Kier alpha value is -2.50. The van der Waals surface area contributed by atoms with Gasteiger partial charge in [-0.05, 0) is 23.8 Å². The Morgan fingerprint density at radius 1 is 1.11 bits per heavy atom. The van der Waals surface area contributed by atoms with E-state index in [1.54, 1.807) is 22.7 Å². The van der Waals surface area contributed by atoms with Crippen molar-refractivity contribution in [2.24, 2.45) is 0 Å². The van der Waals surface area contributed by atoms with Crippen molar-refractivity contribution in [3.63, 3.8) is 0 Å². The molecule has 2 N–H and O–H groups in total. The van der Waals surface area contributed by atoms with Crippen LogP contribution in [0.5, 0.6) is 0 Å². The van der Waals surface area contributed by atoms with Crippen LogP contribution in [0.2, 0.25) is 0 Å². The van der Waals surface area contributed by atoms with E-state index in [0.29, 0.717) is 17.2 Å². The van der Waals surface area contributed by atoms with Gasteiger partial charge < -0.3 is 5.73 Å². The van der Waals surface area contributed by atoms with Crippen LogP contribution in [0.1, 0.15) is 11.4 Å². The van der Waals surface area contributed by atoms with Crippen LogP contribution in [0.4, 0.5) is 14.5 Å². The molecule has 0 fully saturated rings. The summed E-state index contributed by atoms with van der Waals surface area (Å²) in [5.41, 5.74) is 7.08. The number of fused-ring (bicyclic) bond motifs is 1. The van der Waals surface area contributed by atoms with Crippen LogP contribution in [0.3, 0.4) is 0 Å². The van der Waals surface area contributed by atoms with Gasteiger partial charge in [0.25, 0.3) is 0 Å². The zero-order valence-electron chi connectivity index (χ0n) is 9.85. The van der Waals surface area contributed by atoms with Crippen LogP contribution in [-0.4, -0.2) is 14.6 Å². The van der Waals surface area contributed by atoms with Crippen LogP contribution in [-0.2, 0) is 6.42 Å². The Kier molecular flexibility index (Phi) is 2.63. The first-order valence-corrected chi connectivity index (χ1v) is 5.67. The number of aromatic nitrogens is 3. The summed E-state index contributed by atoms with van der Waals surface area (Å²) in [6.45, 7) is 0. The molecule has 0 saturated heterocycles. The third-order valence-electron chi connectivity index (χ3n) is 2.88. The molecule has 0 aliphatic heterocycles. The molecule has 0 bridgehead atoms. The molecule has 4 nitrogen and oxygen atoms in total. The van der Waals surface area contributed by atoms with E-state index in [4.69, 9.17) is 5.73 Å². The fraction of sp³-hybridized carbons (Fsp3) is 0.0769. The molecule has 0 aliphatic rings. The van der Waals surface area contributed by atoms with E-state index in [1.807, 2.05) is 0 Å². The molecule has 0 amide bonds. The second-order valence-corrected chi connectivity index (χ2v) is 4.20. The number of rotatable bonds is 2. The van der Waals surface area contributed by atoms with E-state index in [2.05, 4.69) is 10.2 Å². The van der Waals surface area contributed by atoms with Gasteiger partial charge in [-0.1, -0.05) is 12.1 Å². The van der Waals surface area contributed by atoms with Crippen molar-refractivity contribution in [3.05, 3.63) is 59.6 Å². The third-order valence-corrected chi connectivity index (χ3v) is 2.88. The van der Waals surface area contributed by atoms with Crippen LogP contribution >= 0.6 is 0 Å². The molecule has 0 saturated carbocycles. The standard InChI is InChI=1S/C13H10F2N4/c14-10-3-1-2-8(13(10)15)6-12-18-17-11-5-4-9(16)7-19(11)12/h1-5,7H,6,16H2. The fourth-order valence-corrected chi connectivity index (χ4v) is 1.93. The molecular formula is C13H10F2N4. The molecule has 1 aromatic carbocycles. The van der Waals surface area contributed by atoms with Crippen molar-refractivity contribution >= 4 is 11.3 Å². The molecule has 0 atom stereocenters. The van der Waals surface area contributed by atoms with Crippen molar-refractivity contribution in [2.75, 3.05) is 5.73 Å². The quantitative estimate of drug-likeness (QED) is 0.768. The lowest BCUT2D eigenvalue weighted by Gasteiger charge is -2.03. The predicted molar refractivity (Wildman–Crippen MR) is 66.6 cm³/mol. The number of pyridine rings is 1. The van der Waals surface area contributed by atoms with E-state index in [0.717, 1.165) is 6.07 Å². The van der Waals surface area contributed by atoms with Gasteiger partial charge in [0.15, 0.2) is 17.3 Å². The van der Waals surface area contributed by atoms with Gasteiger partial charge in [-0.15, -0.1) is 10.2 Å². The number of benzene rings is 1. The average molecular weight is 260 g/mol. The number of anilines is 1. The topological polar surface area (TPSA) is 56.2 Å². The summed E-state index contributed by atoms with van der Waals surface area (Å²) >= 11 is 0. The molecule has 96 valence electrons. The smallest absolute Gasteiger partial charge is 0.162 e. The summed E-state index contributed by atoms with van der Waals surface area (Å²) in [5, 5.41) is 7.92. The van der Waals surface area contributed by atoms with E-state index in [1.165, 1.54) is 12.1 Å². The molecule has 19 heavy (non-hydrogen) atoms. The Morgan fingerprint density at radius 2 is 1.95 bits per heavy atom. The Labute approximate surface area is 107 Å². The number of hydrogen-bond acceptors (Lipinski definition) is 3. The zero-order chi connectivity index (χ0) is 13.4. The van der Waals surface area contributed by atoms with Gasteiger partial charge in [-0.3, -0.25) is 4.40 Å². The van der Waals surface area contributed by atoms with E-state index >= 15 is 0 Å². The van der Waals surface area contributed by atoms with Gasteiger partial charge in [0, 0.05) is 18.3 Å². The first-order valence-electron chi connectivity index (χ1n) is 5.67. The second kappa shape index (κ2) is 4.31. The highest BCUT2D eigenvalue weighted by molar-refractivity contribution is 5.47. The van der Waals surface area contributed by atoms with Crippen LogP contribution in [0, 0.1) is 11.6 Å². The summed E-state index contributed by atoms with van der Waals surface area (Å²) in [5.74, 6) is -1.22. The number of halogens is 2. The van der Waals surface area contributed by atoms with Crippen molar-refractivity contribution in [2.45, 2.75) is 6.42 Å². The van der Waals surface area contributed by atoms with Crippen LogP contribution in [0.25, 0.3) is 5.65 Å². The molecule has 3 rings (SSSR count). The summed E-state index contributed by atoms with van der Waals surface area (Å²) in [6, 6.07) is 7.49. The lowest BCUT2D eigenvalue weighted by Crippen LogP contribution is -2.01. The minimum Gasteiger partial charge on any atom is -0.398 e. The molecule has 2 heterocycles. The van der Waals surface area contributed by atoms with Crippen molar-refractivity contribution in [1.29, 1.82) is 0 Å². The molecule has 0 spiro atoms. The SMILES string of the molecule is Nc1ccc2nnc(Cc3cccc(F)c3F)n2c1. The maximum atomic E-state index is 13.6. The van der Waals surface area contributed by atoms with Gasteiger partial charge >= 0.3 is 0 Å². The number of nitrogens with zero attached hydrogens (tertiary/aromatic N) is 3. The number of hydrogen-bond donors (Lipinski definition) is 1. The predicted octanol–water partition coefficient (Wildman–Crippen LogP) is 2.18. The summed E-state index contributed by atoms with van der Waals surface area (Å²) < 4.78 is 28.4. The summed E-state index contributed by atoms with van der Waals surface area (Å²) in [4.78, 5) is 0. The maximum Gasteiger partial charge on any atom is 0.162 e. The van der Waals surface area contributed by atoms with Gasteiger partial charge in [-0.2, -0.15) is 0 Å². The van der Waals surface area contributed by atoms with Gasteiger partial charge in [0.1, 0.15) is 5.82 Å². The van der Waals surface area contributed by atoms with Gasteiger partial charge in [0.2, 0.25) is 0 Å². The highest BCUT2D eigenvalue weighted by Gasteiger charge is 2.12. The molecule has 0 unspecified atom stereocenters. The lowest BCUT2D eigenvalue weighted by atomic mass is 10.1. The van der Waals surface area contributed by atoms with Crippen molar-refractivity contribution < 1.29 is 8.78 Å². The lowest BCUT2D eigenvalue weighted by molar-refractivity contribution is 0.500. The number of nitrogens with two attached hydrogens (primary N) is 1. The van der Waals surface area contributed by atoms with Crippen molar-refractivity contribution in [3.8, 4) is 0 Å². The highest BCUT2D eigenvalue weighted by Crippen LogP contribution is 2.16. The summed E-state index contributed by atoms with van der Waals surface area (Å²) in [6.07, 6.45) is 1.80. The fourth-order valence-electron chi connectivity index (χ4n) is 1.93. The molecule has 6 heteroatoms. The third kappa shape index (κ3) is 2.01. The Morgan fingerprint density at radius 3 is 2.79 bits per heavy atom. The van der Waals surface area contributed by atoms with E-state index in [-0.39, 0.29) is 12.0 Å². The highest BCUT2D eigenvalue weighted by atomic mass is 19.2. The molecule has 2 aromatic heterocycles. The number of nitrogen functional groups attached to an aromatic ring is 1. The molecule has 3 aromatic rings. The van der Waals surface area contributed by atoms with Crippen LogP contribution < -0.4 is 5.73 Å². The normalized spacial score (nSPS) is 11.1. The van der Waals surface area contributed by atoms with Gasteiger partial charge in [0.05, 0.1) is 0 Å². The Bertz CT molecular complexity index is 751. The average Bonchev–Trinajstić information content (AvgIpc) is 2.78. The largest absolute Gasteiger partial charge is 0.398 e. The van der Waals surface area contributed by atoms with Crippen LogP contribution in [0.15, 0.2) is 36.5 Å². The second-order valence-electron chi connectivity index (χ2n) is 4.20. The minimum atomic E-state index is -0.870. The maximum absolute atomic E-state index is 13.6. The van der Waals surface area contributed by atoms with Gasteiger partial charge in [-0.25, -0.2) is 8.78 Å². The summed E-state index contributed by atoms with van der Waals surface area (Å²) in [7, 11) is 0. The van der Waals surface area contributed by atoms with Crippen molar-refractivity contribution in [1.82, 2.24) is 14.6 Å². The molecule has 0 aliphatic carbocycles. The molecular weight excluding hydrogens is 250 g/mol. The Balaban J connectivity index is 2.06. The first kappa shape index (κ1) is 11.6. The monoisotopic (exact) mass is 260 g/mol. The first-order chi connectivity index (χ1) is 9.15.